The number of thiazole rings is 1. The summed E-state index contributed by atoms with van der Waals surface area (Å²) < 4.78 is 3.50. The molecule has 0 aliphatic rings. The highest BCUT2D eigenvalue weighted by atomic mass is 32.1. The highest BCUT2D eigenvalue weighted by molar-refractivity contribution is 7.26. The van der Waals surface area contributed by atoms with E-state index in [1.165, 1.54) is 42.4 Å². The van der Waals surface area contributed by atoms with Gasteiger partial charge in [0, 0.05) is 42.4 Å². The molecule has 0 spiro atoms. The molecule has 3 aromatic heterocycles. The van der Waals surface area contributed by atoms with Gasteiger partial charge in [0.25, 0.3) is 0 Å². The lowest BCUT2D eigenvalue weighted by Gasteiger charge is -2.09. The summed E-state index contributed by atoms with van der Waals surface area (Å²) in [4.78, 5) is 20.5. The topological polar surface area (TPSA) is 51.6 Å². The Morgan fingerprint density at radius 2 is 0.808 bits per heavy atom. The number of benzene rings is 7. The molecule has 10 rings (SSSR count). The number of nitrogens with zero attached hydrogens (tertiary/aromatic N) is 4. The molecular weight excluding hydrogens is 673 g/mol. The average Bonchev–Trinajstić information content (AvgIpc) is 3.84. The second-order valence-corrected chi connectivity index (χ2v) is 14.7. The van der Waals surface area contributed by atoms with Gasteiger partial charge in [0.05, 0.1) is 10.2 Å². The maximum Gasteiger partial charge on any atom is 0.166 e. The third kappa shape index (κ3) is 5.46. The molecule has 0 saturated carbocycles. The van der Waals surface area contributed by atoms with Gasteiger partial charge in [-0.15, -0.1) is 22.7 Å². The van der Waals surface area contributed by atoms with E-state index in [-0.39, 0.29) is 0 Å². The number of rotatable bonds is 6. The summed E-state index contributed by atoms with van der Waals surface area (Å²) in [5, 5.41) is 3.42. The van der Waals surface area contributed by atoms with Crippen LogP contribution >= 0.6 is 22.7 Å². The Morgan fingerprint density at radius 3 is 1.52 bits per heavy atom. The molecule has 0 saturated heterocycles. The Labute approximate surface area is 308 Å². The van der Waals surface area contributed by atoms with Crippen molar-refractivity contribution in [2.75, 3.05) is 0 Å². The van der Waals surface area contributed by atoms with Crippen LogP contribution in [0.25, 0.3) is 97.4 Å². The number of hydrogen-bond acceptors (Lipinski definition) is 6. The van der Waals surface area contributed by atoms with Gasteiger partial charge in [-0.25, -0.2) is 19.9 Å². The fourth-order valence-corrected chi connectivity index (χ4v) is 9.01. The zero-order valence-electron chi connectivity index (χ0n) is 27.8. The molecule has 0 bridgehead atoms. The molecule has 7 aromatic carbocycles. The molecule has 0 amide bonds. The van der Waals surface area contributed by atoms with Crippen LogP contribution in [-0.2, 0) is 0 Å². The van der Waals surface area contributed by atoms with Crippen LogP contribution in [0.5, 0.6) is 0 Å². The Kier molecular flexibility index (Phi) is 7.48. The summed E-state index contributed by atoms with van der Waals surface area (Å²) in [6, 6.07) is 59.3. The molecular formula is C46H28N4S2. The largest absolute Gasteiger partial charge is 0.235 e. The monoisotopic (exact) mass is 700 g/mol. The Morgan fingerprint density at radius 1 is 0.308 bits per heavy atom. The Bertz CT molecular complexity index is 2880. The van der Waals surface area contributed by atoms with Crippen LogP contribution in [0, 0.1) is 0 Å². The van der Waals surface area contributed by atoms with E-state index in [0.717, 1.165) is 37.5 Å². The van der Waals surface area contributed by atoms with Gasteiger partial charge in [0.2, 0.25) is 0 Å². The van der Waals surface area contributed by atoms with Gasteiger partial charge in [0.15, 0.2) is 17.5 Å². The van der Waals surface area contributed by atoms with E-state index in [4.69, 9.17) is 19.9 Å². The summed E-state index contributed by atoms with van der Waals surface area (Å²) in [6.07, 6.45) is 0. The minimum atomic E-state index is 0.610. The van der Waals surface area contributed by atoms with Crippen molar-refractivity contribution in [1.82, 2.24) is 19.9 Å². The number of para-hydroxylation sites is 1. The molecule has 10 aromatic rings. The van der Waals surface area contributed by atoms with Crippen LogP contribution < -0.4 is 0 Å². The van der Waals surface area contributed by atoms with Gasteiger partial charge >= 0.3 is 0 Å². The van der Waals surface area contributed by atoms with Gasteiger partial charge in [-0.2, -0.15) is 0 Å². The molecule has 244 valence electrons. The SMILES string of the molecule is c1ccc(-c2ccc(-c3ccc(-c4nc5c(-c6nc(-c7ccccc7)nc(-c7cccc8c7sc7ccccc78)n6)cccc5s4)cc3)cc2)cc1. The van der Waals surface area contributed by atoms with Gasteiger partial charge in [-0.05, 0) is 46.5 Å². The van der Waals surface area contributed by atoms with Crippen molar-refractivity contribution in [3.8, 4) is 67.0 Å². The highest BCUT2D eigenvalue weighted by Crippen LogP contribution is 2.41. The molecule has 52 heavy (non-hydrogen) atoms. The summed E-state index contributed by atoms with van der Waals surface area (Å²) in [7, 11) is 0. The van der Waals surface area contributed by atoms with Crippen molar-refractivity contribution < 1.29 is 0 Å². The predicted octanol–water partition coefficient (Wildman–Crippen LogP) is 12.9. The zero-order valence-corrected chi connectivity index (χ0v) is 29.4. The molecule has 4 nitrogen and oxygen atoms in total. The van der Waals surface area contributed by atoms with E-state index < -0.39 is 0 Å². The third-order valence-corrected chi connectivity index (χ3v) is 11.7. The predicted molar refractivity (Wildman–Crippen MR) is 219 cm³/mol. The highest BCUT2D eigenvalue weighted by Gasteiger charge is 2.19. The van der Waals surface area contributed by atoms with Crippen LogP contribution in [0.4, 0.5) is 0 Å². The number of hydrogen-bond donors (Lipinski definition) is 0. The van der Waals surface area contributed by atoms with E-state index in [1.54, 1.807) is 22.7 Å². The second kappa shape index (κ2) is 12.8. The lowest BCUT2D eigenvalue weighted by Crippen LogP contribution is -2.00. The minimum absolute atomic E-state index is 0.610. The number of thiophene rings is 1. The van der Waals surface area contributed by atoms with Crippen LogP contribution in [0.3, 0.4) is 0 Å². The first-order valence-corrected chi connectivity index (χ1v) is 18.8. The fourth-order valence-electron chi connectivity index (χ4n) is 6.80. The molecule has 6 heteroatoms. The minimum Gasteiger partial charge on any atom is -0.235 e. The fraction of sp³-hybridized carbons (Fsp3) is 0. The van der Waals surface area contributed by atoms with Crippen molar-refractivity contribution in [2.45, 2.75) is 0 Å². The van der Waals surface area contributed by atoms with E-state index in [1.807, 2.05) is 36.4 Å². The number of fused-ring (bicyclic) bond motifs is 4. The lowest BCUT2D eigenvalue weighted by molar-refractivity contribution is 1.08. The van der Waals surface area contributed by atoms with Crippen LogP contribution in [-0.4, -0.2) is 19.9 Å². The summed E-state index contributed by atoms with van der Waals surface area (Å²) in [6.45, 7) is 0. The zero-order chi connectivity index (χ0) is 34.4. The van der Waals surface area contributed by atoms with Gasteiger partial charge in [-0.1, -0.05) is 146 Å². The van der Waals surface area contributed by atoms with E-state index in [2.05, 4.69) is 133 Å². The van der Waals surface area contributed by atoms with E-state index in [9.17, 15) is 0 Å². The first-order valence-electron chi connectivity index (χ1n) is 17.1. The smallest absolute Gasteiger partial charge is 0.166 e. The molecule has 3 heterocycles. The molecule has 0 radical (unpaired) electrons. The van der Waals surface area contributed by atoms with Crippen LogP contribution in [0.1, 0.15) is 0 Å². The maximum atomic E-state index is 5.21. The van der Waals surface area contributed by atoms with Crippen molar-refractivity contribution >= 4 is 53.1 Å². The van der Waals surface area contributed by atoms with Crippen LogP contribution in [0.15, 0.2) is 170 Å². The Hall–Kier alpha value is -6.34. The third-order valence-electron chi connectivity index (χ3n) is 9.43. The first-order chi connectivity index (χ1) is 25.7. The van der Waals surface area contributed by atoms with E-state index >= 15 is 0 Å². The van der Waals surface area contributed by atoms with Gasteiger partial charge < -0.3 is 0 Å². The summed E-state index contributed by atoms with van der Waals surface area (Å²) in [5.74, 6) is 1.90. The standard InChI is InChI=1S/C46H28N4S2/c1-3-11-29(12-4-1)30-21-23-31(24-22-30)32-25-27-34(28-26-32)46-47-41-37(17-10-20-40(41)52-46)44-48-43(33-13-5-2-6-14-33)49-45(50-44)38-18-9-16-36-35-15-7-8-19-39(35)51-42(36)38/h1-28H. The molecule has 0 aliphatic carbocycles. The normalized spacial score (nSPS) is 11.5. The van der Waals surface area contributed by atoms with Gasteiger partial charge in [0.1, 0.15) is 5.01 Å². The second-order valence-electron chi connectivity index (χ2n) is 12.6. The van der Waals surface area contributed by atoms with Gasteiger partial charge in [-0.3, -0.25) is 0 Å². The average molecular weight is 701 g/mol. The van der Waals surface area contributed by atoms with Crippen molar-refractivity contribution in [3.63, 3.8) is 0 Å². The first kappa shape index (κ1) is 30.5. The Balaban J connectivity index is 1.05. The lowest BCUT2D eigenvalue weighted by atomic mass is 10.00. The summed E-state index contributed by atoms with van der Waals surface area (Å²) in [5.41, 5.74) is 9.59. The van der Waals surface area contributed by atoms with E-state index in [0.29, 0.717) is 17.5 Å². The van der Waals surface area contributed by atoms with Crippen molar-refractivity contribution in [1.29, 1.82) is 0 Å². The molecule has 0 atom stereocenters. The molecule has 0 aliphatic heterocycles. The number of aromatic nitrogens is 4. The molecule has 0 N–H and O–H groups in total. The van der Waals surface area contributed by atoms with Crippen LogP contribution in [0.2, 0.25) is 0 Å². The maximum absolute atomic E-state index is 5.21. The quantitative estimate of drug-likeness (QED) is 0.173. The van der Waals surface area contributed by atoms with Crippen molar-refractivity contribution in [3.05, 3.63) is 170 Å². The van der Waals surface area contributed by atoms with Crippen molar-refractivity contribution in [2.24, 2.45) is 0 Å². The summed E-state index contributed by atoms with van der Waals surface area (Å²) >= 11 is 3.46. The molecule has 0 unspecified atom stereocenters. The molecule has 0 fully saturated rings.